The van der Waals surface area contributed by atoms with Crippen molar-refractivity contribution in [1.82, 2.24) is 10.2 Å². The third kappa shape index (κ3) is 4.18. The summed E-state index contributed by atoms with van der Waals surface area (Å²) in [4.78, 5) is 14.6. The Hall–Kier alpha value is -0.140. The number of nitrogens with one attached hydrogen (secondary N) is 1. The van der Waals surface area contributed by atoms with Gasteiger partial charge in [-0.2, -0.15) is 0 Å². The molecule has 1 fully saturated rings. The van der Waals surface area contributed by atoms with Crippen LogP contribution in [0, 0.1) is 9.49 Å². The number of likely N-dealkylation sites (tertiary alicyclic amines) is 1. The minimum absolute atomic E-state index is 0.150. The van der Waals surface area contributed by atoms with E-state index in [2.05, 4.69) is 50.8 Å². The summed E-state index contributed by atoms with van der Waals surface area (Å²) in [5.74, 6) is 0.857. The van der Waals surface area contributed by atoms with E-state index in [9.17, 15) is 4.79 Å². The molecule has 20 heavy (non-hydrogen) atoms. The van der Waals surface area contributed by atoms with Crippen LogP contribution in [-0.2, 0) is 0 Å². The third-order valence-corrected chi connectivity index (χ3v) is 5.11. The molecule has 0 bridgehead atoms. The van der Waals surface area contributed by atoms with Gasteiger partial charge in [-0.25, -0.2) is 0 Å². The van der Waals surface area contributed by atoms with Crippen LogP contribution in [0.5, 0.6) is 0 Å². The molecule has 1 amide bonds. The van der Waals surface area contributed by atoms with Crippen molar-refractivity contribution in [1.29, 1.82) is 0 Å². The van der Waals surface area contributed by atoms with Crippen LogP contribution in [0.2, 0.25) is 0 Å². The van der Waals surface area contributed by atoms with E-state index < -0.39 is 0 Å². The Morgan fingerprint density at radius 1 is 1.45 bits per heavy atom. The number of halogens is 2. The van der Waals surface area contributed by atoms with Crippen molar-refractivity contribution in [3.05, 3.63) is 31.8 Å². The molecule has 0 atom stereocenters. The molecule has 0 spiro atoms. The Kier molecular flexibility index (Phi) is 6.29. The lowest BCUT2D eigenvalue weighted by Crippen LogP contribution is -2.40. The maximum Gasteiger partial charge on any atom is 0.255 e. The molecule has 0 aromatic heterocycles. The molecule has 0 unspecified atom stereocenters. The topological polar surface area (TPSA) is 32.3 Å². The minimum atomic E-state index is 0.150. The molecule has 1 aromatic carbocycles. The van der Waals surface area contributed by atoms with Gasteiger partial charge in [0.15, 0.2) is 0 Å². The summed E-state index contributed by atoms with van der Waals surface area (Å²) >= 11 is 5.73. The number of benzene rings is 1. The van der Waals surface area contributed by atoms with Gasteiger partial charge in [0, 0.05) is 21.1 Å². The van der Waals surface area contributed by atoms with Crippen molar-refractivity contribution in [2.24, 2.45) is 5.92 Å². The number of amides is 1. The monoisotopic (exact) mass is 450 g/mol. The fourth-order valence-corrected chi connectivity index (χ4v) is 3.43. The van der Waals surface area contributed by atoms with Gasteiger partial charge in [-0.05, 0) is 88.6 Å². The zero-order valence-electron chi connectivity index (χ0n) is 11.7. The summed E-state index contributed by atoms with van der Waals surface area (Å²) in [6.45, 7) is 5.97. The summed E-state index contributed by atoms with van der Waals surface area (Å²) in [5, 5.41) is 3.40. The first kappa shape index (κ1) is 16.2. The van der Waals surface area contributed by atoms with Gasteiger partial charge in [0.1, 0.15) is 0 Å². The van der Waals surface area contributed by atoms with Gasteiger partial charge in [-0.1, -0.05) is 6.92 Å². The van der Waals surface area contributed by atoms with E-state index in [1.54, 1.807) is 0 Å². The van der Waals surface area contributed by atoms with Crippen LogP contribution in [0.1, 0.15) is 30.1 Å². The first-order chi connectivity index (χ1) is 9.61. The molecule has 1 N–H and O–H groups in total. The Morgan fingerprint density at radius 2 is 2.15 bits per heavy atom. The first-order valence-corrected chi connectivity index (χ1v) is 8.94. The summed E-state index contributed by atoms with van der Waals surface area (Å²) < 4.78 is 1.98. The molecule has 0 saturated carbocycles. The van der Waals surface area contributed by atoms with Crippen molar-refractivity contribution in [3.8, 4) is 0 Å². The van der Waals surface area contributed by atoms with Crippen LogP contribution in [0.3, 0.4) is 0 Å². The van der Waals surface area contributed by atoms with Crippen LogP contribution >= 0.6 is 38.5 Å². The minimum Gasteiger partial charge on any atom is -0.339 e. The second-order valence-corrected chi connectivity index (χ2v) is 7.27. The molecule has 1 aromatic rings. The number of rotatable bonds is 4. The fraction of sp³-hybridized carbons (Fsp3) is 0.533. The van der Waals surface area contributed by atoms with Crippen molar-refractivity contribution in [2.75, 3.05) is 26.2 Å². The van der Waals surface area contributed by atoms with Gasteiger partial charge in [-0.15, -0.1) is 0 Å². The summed E-state index contributed by atoms with van der Waals surface area (Å²) in [6, 6.07) is 5.91. The van der Waals surface area contributed by atoms with E-state index in [0.29, 0.717) is 5.92 Å². The first-order valence-electron chi connectivity index (χ1n) is 7.07. The molecular formula is C15H20BrIN2O. The van der Waals surface area contributed by atoms with E-state index in [4.69, 9.17) is 0 Å². The highest BCUT2D eigenvalue weighted by Crippen LogP contribution is 2.24. The number of carbonyl (C=O) groups excluding carboxylic acids is 1. The highest BCUT2D eigenvalue weighted by Gasteiger charge is 2.24. The van der Waals surface area contributed by atoms with Gasteiger partial charge in [0.2, 0.25) is 0 Å². The number of nitrogens with zero attached hydrogens (tertiary/aromatic N) is 1. The Bertz CT molecular complexity index is 473. The standard InChI is InChI=1S/C15H20BrIN2O/c1-2-18-10-11-5-7-19(8-6-11)15(20)13-9-12(17)3-4-14(13)16/h3-4,9,11,18H,2,5-8,10H2,1H3. The zero-order chi connectivity index (χ0) is 14.5. The molecule has 3 nitrogen and oxygen atoms in total. The van der Waals surface area contributed by atoms with Gasteiger partial charge in [0.25, 0.3) is 5.91 Å². The maximum atomic E-state index is 12.6. The Morgan fingerprint density at radius 3 is 2.80 bits per heavy atom. The van der Waals surface area contributed by atoms with E-state index in [1.807, 2.05) is 23.1 Å². The van der Waals surface area contributed by atoms with Crippen LogP contribution < -0.4 is 5.32 Å². The van der Waals surface area contributed by atoms with Gasteiger partial charge in [-0.3, -0.25) is 4.79 Å². The van der Waals surface area contributed by atoms with Gasteiger partial charge < -0.3 is 10.2 Å². The number of hydrogen-bond donors (Lipinski definition) is 1. The molecule has 110 valence electrons. The normalized spacial score (nSPS) is 16.4. The molecule has 1 saturated heterocycles. The van der Waals surface area contributed by atoms with E-state index in [0.717, 1.165) is 52.6 Å². The van der Waals surface area contributed by atoms with Crippen LogP contribution in [0.15, 0.2) is 22.7 Å². The summed E-state index contributed by atoms with van der Waals surface area (Å²) in [7, 11) is 0. The lowest BCUT2D eigenvalue weighted by atomic mass is 9.96. The van der Waals surface area contributed by atoms with Crippen molar-refractivity contribution >= 4 is 44.4 Å². The Balaban J connectivity index is 1.96. The van der Waals surface area contributed by atoms with E-state index >= 15 is 0 Å². The number of carbonyl (C=O) groups is 1. The zero-order valence-corrected chi connectivity index (χ0v) is 15.4. The quantitative estimate of drug-likeness (QED) is 0.712. The predicted octanol–water partition coefficient (Wildman–Crippen LogP) is 3.52. The largest absolute Gasteiger partial charge is 0.339 e. The number of hydrogen-bond acceptors (Lipinski definition) is 2. The molecular weight excluding hydrogens is 431 g/mol. The summed E-state index contributed by atoms with van der Waals surface area (Å²) in [5.41, 5.74) is 0.780. The molecule has 1 heterocycles. The second kappa shape index (κ2) is 7.75. The molecule has 0 radical (unpaired) electrons. The smallest absolute Gasteiger partial charge is 0.255 e. The SMILES string of the molecule is CCNCC1CCN(C(=O)c2cc(I)ccc2Br)CC1. The van der Waals surface area contributed by atoms with Crippen LogP contribution in [-0.4, -0.2) is 37.0 Å². The lowest BCUT2D eigenvalue weighted by molar-refractivity contribution is 0.0689. The van der Waals surface area contributed by atoms with E-state index in [1.165, 1.54) is 0 Å². The molecule has 2 rings (SSSR count). The van der Waals surface area contributed by atoms with Gasteiger partial charge in [0.05, 0.1) is 5.56 Å². The third-order valence-electron chi connectivity index (χ3n) is 3.74. The average molecular weight is 451 g/mol. The predicted molar refractivity (Wildman–Crippen MR) is 94.0 cm³/mol. The van der Waals surface area contributed by atoms with Crippen LogP contribution in [0.25, 0.3) is 0 Å². The van der Waals surface area contributed by atoms with Crippen molar-refractivity contribution < 1.29 is 4.79 Å². The lowest BCUT2D eigenvalue weighted by Gasteiger charge is -2.32. The molecule has 5 heteroatoms. The van der Waals surface area contributed by atoms with Gasteiger partial charge >= 0.3 is 0 Å². The van der Waals surface area contributed by atoms with Crippen molar-refractivity contribution in [3.63, 3.8) is 0 Å². The number of piperidine rings is 1. The second-order valence-electron chi connectivity index (χ2n) is 5.17. The van der Waals surface area contributed by atoms with Crippen LogP contribution in [0.4, 0.5) is 0 Å². The highest BCUT2D eigenvalue weighted by molar-refractivity contribution is 14.1. The Labute approximate surface area is 142 Å². The molecule has 1 aliphatic rings. The highest BCUT2D eigenvalue weighted by atomic mass is 127. The fourth-order valence-electron chi connectivity index (χ4n) is 2.52. The van der Waals surface area contributed by atoms with Crippen molar-refractivity contribution in [2.45, 2.75) is 19.8 Å². The average Bonchev–Trinajstić information content (AvgIpc) is 2.47. The van der Waals surface area contributed by atoms with E-state index in [-0.39, 0.29) is 5.91 Å². The molecule has 1 aliphatic heterocycles. The molecule has 0 aliphatic carbocycles. The maximum absolute atomic E-state index is 12.6. The summed E-state index contributed by atoms with van der Waals surface area (Å²) in [6.07, 6.45) is 2.20.